The van der Waals surface area contributed by atoms with Gasteiger partial charge in [-0.3, -0.25) is 10.2 Å². The van der Waals surface area contributed by atoms with Crippen LogP contribution in [-0.4, -0.2) is 18.4 Å². The van der Waals surface area contributed by atoms with Crippen LogP contribution in [-0.2, 0) is 4.79 Å². The zero-order valence-electron chi connectivity index (χ0n) is 6.13. The van der Waals surface area contributed by atoms with Crippen molar-refractivity contribution in [3.63, 3.8) is 0 Å². The zero-order valence-corrected chi connectivity index (χ0v) is 6.13. The maximum atomic E-state index is 10.1. The van der Waals surface area contributed by atoms with Crippen LogP contribution in [0, 0.1) is 5.41 Å². The average molecular weight is 156 g/mol. The van der Waals surface area contributed by atoms with Gasteiger partial charge in [-0.2, -0.15) is 0 Å². The normalized spacial score (nSPS) is 9.82. The second-order valence-electron chi connectivity index (χ2n) is 1.93. The SMILES string of the molecule is N=C(N)NCCC=CC(N)=O. The molecule has 0 aliphatic rings. The maximum Gasteiger partial charge on any atom is 0.241 e. The van der Waals surface area contributed by atoms with E-state index in [2.05, 4.69) is 5.32 Å². The van der Waals surface area contributed by atoms with E-state index in [0.29, 0.717) is 13.0 Å². The highest BCUT2D eigenvalue weighted by Gasteiger charge is 1.85. The van der Waals surface area contributed by atoms with Crippen molar-refractivity contribution in [2.45, 2.75) is 6.42 Å². The van der Waals surface area contributed by atoms with Crippen LogP contribution < -0.4 is 16.8 Å². The van der Waals surface area contributed by atoms with Crippen LogP contribution >= 0.6 is 0 Å². The fourth-order valence-electron chi connectivity index (χ4n) is 0.490. The van der Waals surface area contributed by atoms with E-state index in [1.165, 1.54) is 6.08 Å². The third-order valence-electron chi connectivity index (χ3n) is 0.909. The number of hydrogen-bond acceptors (Lipinski definition) is 2. The Morgan fingerprint density at radius 1 is 1.55 bits per heavy atom. The molecule has 0 heterocycles. The molecule has 0 aliphatic carbocycles. The molecule has 11 heavy (non-hydrogen) atoms. The first kappa shape index (κ1) is 9.48. The molecule has 0 aromatic rings. The summed E-state index contributed by atoms with van der Waals surface area (Å²) in [5.74, 6) is -0.537. The van der Waals surface area contributed by atoms with Crippen molar-refractivity contribution in [1.82, 2.24) is 5.32 Å². The summed E-state index contributed by atoms with van der Waals surface area (Å²) in [5.41, 5.74) is 9.81. The van der Waals surface area contributed by atoms with Crippen LogP contribution in [0.2, 0.25) is 0 Å². The summed E-state index contributed by atoms with van der Waals surface area (Å²) in [6.07, 6.45) is 3.53. The Balaban J connectivity index is 3.27. The molecule has 0 aromatic heterocycles. The van der Waals surface area contributed by atoms with E-state index >= 15 is 0 Å². The number of primary amides is 1. The van der Waals surface area contributed by atoms with Crippen molar-refractivity contribution < 1.29 is 4.79 Å². The topological polar surface area (TPSA) is 105 Å². The monoisotopic (exact) mass is 156 g/mol. The van der Waals surface area contributed by atoms with Gasteiger partial charge in [-0.1, -0.05) is 6.08 Å². The minimum absolute atomic E-state index is 0.0718. The lowest BCUT2D eigenvalue weighted by molar-refractivity contribution is -0.113. The molecule has 0 spiro atoms. The molecule has 0 atom stereocenters. The van der Waals surface area contributed by atoms with E-state index in [9.17, 15) is 4.79 Å². The van der Waals surface area contributed by atoms with Gasteiger partial charge in [-0.05, 0) is 12.5 Å². The van der Waals surface area contributed by atoms with Crippen molar-refractivity contribution in [3.05, 3.63) is 12.2 Å². The highest BCUT2D eigenvalue weighted by Crippen LogP contribution is 1.78. The maximum absolute atomic E-state index is 10.1. The molecule has 6 N–H and O–H groups in total. The van der Waals surface area contributed by atoms with Gasteiger partial charge in [0.15, 0.2) is 5.96 Å². The lowest BCUT2D eigenvalue weighted by atomic mass is 10.3. The van der Waals surface area contributed by atoms with Gasteiger partial charge in [-0.25, -0.2) is 0 Å². The quantitative estimate of drug-likeness (QED) is 0.180. The number of rotatable bonds is 4. The number of amides is 1. The summed E-state index contributed by atoms with van der Waals surface area (Å²) in [4.78, 5) is 10.1. The standard InChI is InChI=1S/C6H12N4O/c7-5(11)3-1-2-4-10-6(8)9/h1,3H,2,4H2,(H2,7,11)(H4,8,9,10). The third kappa shape index (κ3) is 8.48. The molecule has 62 valence electrons. The van der Waals surface area contributed by atoms with Gasteiger partial charge < -0.3 is 16.8 Å². The van der Waals surface area contributed by atoms with Crippen molar-refractivity contribution in [1.29, 1.82) is 5.41 Å². The van der Waals surface area contributed by atoms with Gasteiger partial charge in [0, 0.05) is 6.54 Å². The lowest BCUT2D eigenvalue weighted by Gasteiger charge is -1.98. The van der Waals surface area contributed by atoms with Gasteiger partial charge in [0.05, 0.1) is 0 Å². The highest BCUT2D eigenvalue weighted by molar-refractivity contribution is 5.85. The fraction of sp³-hybridized carbons (Fsp3) is 0.333. The number of carbonyl (C=O) groups is 1. The van der Waals surface area contributed by atoms with Crippen LogP contribution in [0.25, 0.3) is 0 Å². The molecule has 0 aromatic carbocycles. The van der Waals surface area contributed by atoms with Crippen LogP contribution in [0.4, 0.5) is 0 Å². The van der Waals surface area contributed by atoms with E-state index in [-0.39, 0.29) is 5.96 Å². The number of guanidine groups is 1. The van der Waals surface area contributed by atoms with Gasteiger partial charge in [0.25, 0.3) is 0 Å². The Morgan fingerprint density at radius 2 is 2.18 bits per heavy atom. The Bertz CT molecular complexity index is 175. The Morgan fingerprint density at radius 3 is 2.64 bits per heavy atom. The molecule has 0 radical (unpaired) electrons. The molecule has 0 aliphatic heterocycles. The van der Waals surface area contributed by atoms with E-state index < -0.39 is 5.91 Å². The van der Waals surface area contributed by atoms with Crippen molar-refractivity contribution >= 4 is 11.9 Å². The van der Waals surface area contributed by atoms with E-state index in [4.69, 9.17) is 16.9 Å². The summed E-state index contributed by atoms with van der Waals surface area (Å²) in [6.45, 7) is 0.541. The molecule has 0 unspecified atom stereocenters. The molecular weight excluding hydrogens is 144 g/mol. The average Bonchev–Trinajstić information content (AvgIpc) is 1.85. The number of hydrogen-bond donors (Lipinski definition) is 4. The second kappa shape index (κ2) is 5.28. The minimum Gasteiger partial charge on any atom is -0.370 e. The van der Waals surface area contributed by atoms with Crippen LogP contribution in [0.3, 0.4) is 0 Å². The van der Waals surface area contributed by atoms with Crippen molar-refractivity contribution in [2.24, 2.45) is 11.5 Å². The third-order valence-corrected chi connectivity index (χ3v) is 0.909. The molecule has 1 amide bonds. The zero-order chi connectivity index (χ0) is 8.69. The molecule has 0 fully saturated rings. The molecular formula is C6H12N4O. The Hall–Kier alpha value is -1.52. The van der Waals surface area contributed by atoms with Gasteiger partial charge in [0.2, 0.25) is 5.91 Å². The smallest absolute Gasteiger partial charge is 0.241 e. The largest absolute Gasteiger partial charge is 0.370 e. The Labute approximate surface area is 65.0 Å². The second-order valence-corrected chi connectivity index (χ2v) is 1.93. The van der Waals surface area contributed by atoms with E-state index in [1.54, 1.807) is 6.08 Å². The summed E-state index contributed by atoms with van der Waals surface area (Å²) < 4.78 is 0. The van der Waals surface area contributed by atoms with Crippen LogP contribution in [0.5, 0.6) is 0 Å². The first-order valence-corrected chi connectivity index (χ1v) is 3.17. The van der Waals surface area contributed by atoms with E-state index in [1.807, 2.05) is 0 Å². The predicted octanol–water partition coefficient (Wildman–Crippen LogP) is -1.10. The number of nitrogens with one attached hydrogen (secondary N) is 2. The Kier molecular flexibility index (Phi) is 4.55. The summed E-state index contributed by atoms with van der Waals surface area (Å²) in [6, 6.07) is 0. The molecule has 0 saturated heterocycles. The number of nitrogens with two attached hydrogens (primary N) is 2. The summed E-state index contributed by atoms with van der Waals surface area (Å²) >= 11 is 0. The molecule has 5 nitrogen and oxygen atoms in total. The predicted molar refractivity (Wildman–Crippen MR) is 42.9 cm³/mol. The van der Waals surface area contributed by atoms with Gasteiger partial charge in [-0.15, -0.1) is 0 Å². The lowest BCUT2D eigenvalue weighted by Crippen LogP contribution is -2.30. The first-order chi connectivity index (χ1) is 5.13. The number of carbonyl (C=O) groups excluding carboxylic acids is 1. The first-order valence-electron chi connectivity index (χ1n) is 3.17. The van der Waals surface area contributed by atoms with Crippen molar-refractivity contribution in [2.75, 3.05) is 6.54 Å². The fourth-order valence-corrected chi connectivity index (χ4v) is 0.490. The highest BCUT2D eigenvalue weighted by atomic mass is 16.1. The molecule has 0 saturated carbocycles. The van der Waals surface area contributed by atoms with E-state index in [0.717, 1.165) is 0 Å². The van der Waals surface area contributed by atoms with Crippen LogP contribution in [0.15, 0.2) is 12.2 Å². The van der Waals surface area contributed by atoms with Crippen molar-refractivity contribution in [3.8, 4) is 0 Å². The minimum atomic E-state index is -0.465. The molecule has 0 bridgehead atoms. The van der Waals surface area contributed by atoms with Gasteiger partial charge in [0.1, 0.15) is 0 Å². The molecule has 5 heteroatoms. The van der Waals surface area contributed by atoms with Crippen LogP contribution in [0.1, 0.15) is 6.42 Å². The summed E-state index contributed by atoms with van der Waals surface area (Å²) in [7, 11) is 0. The van der Waals surface area contributed by atoms with Gasteiger partial charge >= 0.3 is 0 Å². The summed E-state index contributed by atoms with van der Waals surface area (Å²) in [5, 5.41) is 9.34. The molecule has 0 rings (SSSR count).